The summed E-state index contributed by atoms with van der Waals surface area (Å²) in [5, 5.41) is 2.33. The topological polar surface area (TPSA) is 55.4 Å². The van der Waals surface area contributed by atoms with E-state index in [0.29, 0.717) is 59.5 Å². The van der Waals surface area contributed by atoms with Crippen LogP contribution in [-0.2, 0) is 28.1 Å². The highest BCUT2D eigenvalue weighted by molar-refractivity contribution is 6.99. The normalized spacial score (nSPS) is 13.5. The van der Waals surface area contributed by atoms with Gasteiger partial charge < -0.3 is 28.1 Å². The number of ether oxygens (including phenoxy) is 5. The highest BCUT2D eigenvalue weighted by atomic mass is 28.4. The van der Waals surface area contributed by atoms with Crippen LogP contribution in [0, 0.1) is 0 Å². The maximum atomic E-state index is 8.02. The largest absolute Gasteiger partial charge is 0.405 e. The van der Waals surface area contributed by atoms with Gasteiger partial charge in [-0.05, 0) is 22.3 Å². The Balaban J connectivity index is 1.85. The average Bonchev–Trinajstić information content (AvgIpc) is 2.89. The van der Waals surface area contributed by atoms with E-state index in [0.717, 1.165) is 0 Å². The van der Waals surface area contributed by atoms with Crippen LogP contribution in [0.15, 0.2) is 60.7 Å². The lowest BCUT2D eigenvalue weighted by atomic mass is 10.2. The minimum absolute atomic E-state index is 0.111. The van der Waals surface area contributed by atoms with Crippen LogP contribution in [0.1, 0.15) is 29.0 Å². The molecule has 0 aliphatic carbocycles. The van der Waals surface area contributed by atoms with Crippen molar-refractivity contribution in [3.8, 4) is 0 Å². The monoisotopic (exact) mass is 505 g/mol. The Bertz CT molecular complexity index is 763. The van der Waals surface area contributed by atoms with Crippen molar-refractivity contribution in [2.24, 2.45) is 0 Å². The molecule has 2 aromatic rings. The zero-order valence-corrected chi connectivity index (χ0v) is 22.9. The number of hydrogen-bond donors (Lipinski definition) is 0. The van der Waals surface area contributed by atoms with Crippen LogP contribution in [0.2, 0.25) is 5.04 Å². The molecule has 2 rings (SSSR count). The van der Waals surface area contributed by atoms with Crippen molar-refractivity contribution in [3.05, 3.63) is 60.7 Å². The zero-order valence-electron chi connectivity index (χ0n) is 22.9. The van der Waals surface area contributed by atoms with Crippen LogP contribution in [0.5, 0.6) is 0 Å². The fraction of sp³-hybridized carbons (Fsp3) is 0.571. The van der Waals surface area contributed by atoms with Crippen LogP contribution < -0.4 is 10.4 Å². The van der Waals surface area contributed by atoms with Crippen LogP contribution in [0.4, 0.5) is 0 Å². The molecule has 196 valence electrons. The molecule has 6 nitrogen and oxygen atoms in total. The first-order chi connectivity index (χ1) is 17.5. The molecule has 7 heteroatoms. The number of hydrogen-bond acceptors (Lipinski definition) is 6. The lowest BCUT2D eigenvalue weighted by Gasteiger charge is -2.43. The van der Waals surface area contributed by atoms with Gasteiger partial charge in [0.25, 0.3) is 8.32 Å². The van der Waals surface area contributed by atoms with Crippen molar-refractivity contribution in [3.63, 3.8) is 0 Å². The van der Waals surface area contributed by atoms with Gasteiger partial charge in [-0.15, -0.1) is 0 Å². The second-order valence-electron chi connectivity index (χ2n) is 9.30. The Morgan fingerprint density at radius 1 is 0.714 bits per heavy atom. The molecule has 0 aliphatic rings. The maximum Gasteiger partial charge on any atom is 0.261 e. The molecule has 0 saturated heterocycles. The van der Waals surface area contributed by atoms with Gasteiger partial charge in [-0.2, -0.15) is 0 Å². The Hall–Kier alpha value is -1.58. The van der Waals surface area contributed by atoms with E-state index in [2.05, 4.69) is 69.3 Å². The molecule has 0 spiro atoms. The van der Waals surface area contributed by atoms with Crippen molar-refractivity contribution in [1.29, 1.82) is 0 Å². The van der Waals surface area contributed by atoms with E-state index in [1.165, 1.54) is 10.4 Å². The molecule has 0 aliphatic heterocycles. The summed E-state index contributed by atoms with van der Waals surface area (Å²) < 4.78 is 42.2. The van der Waals surface area contributed by atoms with E-state index < -0.39 is 8.32 Å². The van der Waals surface area contributed by atoms with Gasteiger partial charge in [-0.1, -0.05) is 81.4 Å². The summed E-state index contributed by atoms with van der Waals surface area (Å²) in [4.78, 5) is 0. The molecular weight excluding hydrogens is 460 g/mol. The molecule has 0 aromatic heterocycles. The number of rotatable bonds is 18. The first kappa shape index (κ1) is 28.0. The van der Waals surface area contributed by atoms with Crippen LogP contribution in [0.25, 0.3) is 0 Å². The third-order valence-electron chi connectivity index (χ3n) is 5.66. The first-order valence-electron chi connectivity index (χ1n) is 13.0. The molecule has 0 heterocycles. The summed E-state index contributed by atoms with van der Waals surface area (Å²) in [5.41, 5.74) is 0. The highest BCUT2D eigenvalue weighted by Gasteiger charge is 2.50. The Morgan fingerprint density at radius 3 is 1.60 bits per heavy atom. The Morgan fingerprint density at radius 2 is 1.17 bits per heavy atom. The van der Waals surface area contributed by atoms with E-state index in [4.69, 9.17) is 29.5 Å². The molecule has 0 bridgehead atoms. The smallest absolute Gasteiger partial charge is 0.261 e. The molecule has 0 radical (unpaired) electrons. The van der Waals surface area contributed by atoms with Gasteiger partial charge in [0.15, 0.2) is 0 Å². The van der Waals surface area contributed by atoms with Crippen molar-refractivity contribution >= 4 is 18.7 Å². The summed E-state index contributed by atoms with van der Waals surface area (Å²) >= 11 is 0. The van der Waals surface area contributed by atoms with E-state index in [1.54, 1.807) is 7.11 Å². The van der Waals surface area contributed by atoms with Crippen LogP contribution in [-0.4, -0.2) is 81.0 Å². The SMILES string of the molecule is [2H]C[C@@H](CO[Si](c1ccccc1)(c1ccccc1)C(C)(C)C)OCCOCCOCCOCCOC. The van der Waals surface area contributed by atoms with E-state index >= 15 is 0 Å². The molecule has 0 fully saturated rings. The zero-order chi connectivity index (χ0) is 26.1. The van der Waals surface area contributed by atoms with Crippen LogP contribution in [0.3, 0.4) is 0 Å². The average molecular weight is 506 g/mol. The van der Waals surface area contributed by atoms with Gasteiger partial charge in [0, 0.05) is 8.48 Å². The summed E-state index contributed by atoms with van der Waals surface area (Å²) in [6, 6.07) is 21.0. The molecule has 0 saturated carbocycles. The maximum absolute atomic E-state index is 8.02. The Labute approximate surface area is 214 Å². The quantitative estimate of drug-likeness (QED) is 0.228. The van der Waals surface area contributed by atoms with Crippen molar-refractivity contribution in [1.82, 2.24) is 0 Å². The molecule has 0 N–H and O–H groups in total. The lowest BCUT2D eigenvalue weighted by molar-refractivity contribution is -0.0266. The molecule has 0 amide bonds. The van der Waals surface area contributed by atoms with Gasteiger partial charge in [-0.3, -0.25) is 0 Å². The standard InChI is InChI=1S/C28H44O6Si/c1-25(33-23-22-32-21-20-31-19-18-30-17-16-29-5)24-34-35(28(2,3)4,26-12-8-6-9-13-26)27-14-10-7-11-15-27/h6-15,25H,16-24H2,1-5H3/t25-/m0/s1/i1D. The second-order valence-corrected chi connectivity index (χ2v) is 13.6. The van der Waals surface area contributed by atoms with Gasteiger partial charge >= 0.3 is 0 Å². The summed E-state index contributed by atoms with van der Waals surface area (Å²) in [7, 11) is -0.991. The van der Waals surface area contributed by atoms with E-state index in [1.807, 2.05) is 12.1 Å². The van der Waals surface area contributed by atoms with Crippen molar-refractivity contribution < 1.29 is 29.5 Å². The molecule has 2 aromatic carbocycles. The van der Waals surface area contributed by atoms with Gasteiger partial charge in [0.05, 0.1) is 65.6 Å². The minimum Gasteiger partial charge on any atom is -0.405 e. The fourth-order valence-corrected chi connectivity index (χ4v) is 8.58. The predicted octanol–water partition coefficient (Wildman–Crippen LogP) is 3.66. The lowest BCUT2D eigenvalue weighted by Crippen LogP contribution is -2.67. The minimum atomic E-state index is -2.64. The van der Waals surface area contributed by atoms with Gasteiger partial charge in [0.2, 0.25) is 0 Å². The second kappa shape index (κ2) is 16.2. The third kappa shape index (κ3) is 9.77. The first-order valence-corrected chi connectivity index (χ1v) is 14.2. The number of methoxy groups -OCH3 is 1. The van der Waals surface area contributed by atoms with Crippen molar-refractivity contribution in [2.75, 3.05) is 66.6 Å². The summed E-state index contributed by atoms with van der Waals surface area (Å²) in [5.74, 6) is 0. The molecule has 0 unspecified atom stereocenters. The molecule has 1 atom stereocenters. The highest BCUT2D eigenvalue weighted by Crippen LogP contribution is 2.36. The molecular formula is C28H44O6Si. The molecule has 35 heavy (non-hydrogen) atoms. The van der Waals surface area contributed by atoms with E-state index in [9.17, 15) is 0 Å². The predicted molar refractivity (Wildman–Crippen MR) is 143 cm³/mol. The third-order valence-corrected chi connectivity index (χ3v) is 10.7. The Kier molecular flexibility index (Phi) is 13.0. The summed E-state index contributed by atoms with van der Waals surface area (Å²) in [6.07, 6.45) is -0.323. The summed E-state index contributed by atoms with van der Waals surface area (Å²) in [6.45, 7) is 11.3. The fourth-order valence-electron chi connectivity index (χ4n) is 3.99. The van der Waals surface area contributed by atoms with Crippen molar-refractivity contribution in [2.45, 2.75) is 38.8 Å². The van der Waals surface area contributed by atoms with E-state index in [-0.39, 0.29) is 18.0 Å². The number of benzene rings is 2. The van der Waals surface area contributed by atoms with Gasteiger partial charge in [-0.25, -0.2) is 0 Å². The van der Waals surface area contributed by atoms with Gasteiger partial charge in [0.1, 0.15) is 0 Å². The van der Waals surface area contributed by atoms with Crippen LogP contribution >= 0.6 is 0 Å².